The van der Waals surface area contributed by atoms with Gasteiger partial charge >= 0.3 is 5.97 Å². The maximum absolute atomic E-state index is 13.5. The zero-order chi connectivity index (χ0) is 27.6. The van der Waals surface area contributed by atoms with E-state index in [9.17, 15) is 44.4 Å². The highest BCUT2D eigenvalue weighted by atomic mass is 16.4. The number of benzene rings is 3. The average Bonchev–Trinajstić information content (AvgIpc) is 2.84. The third kappa shape index (κ3) is 3.40. The quantitative estimate of drug-likeness (QED) is 0.154. The lowest BCUT2D eigenvalue weighted by molar-refractivity contribution is 0.0695. The molecular formula is C27H16O11. The summed E-state index contributed by atoms with van der Waals surface area (Å²) in [6, 6.07) is 5.24. The fourth-order valence-electron chi connectivity index (χ4n) is 4.50. The molecular weight excluding hydrogens is 500 g/mol. The van der Waals surface area contributed by atoms with Gasteiger partial charge in [0, 0.05) is 17.2 Å². The molecule has 0 aliphatic heterocycles. The van der Waals surface area contributed by atoms with Crippen LogP contribution in [0.25, 0.3) is 44.0 Å². The van der Waals surface area contributed by atoms with Gasteiger partial charge < -0.3 is 29.3 Å². The summed E-state index contributed by atoms with van der Waals surface area (Å²) in [7, 11) is 0. The minimum Gasteiger partial charge on any atom is -0.507 e. The lowest BCUT2D eigenvalue weighted by Gasteiger charge is -2.15. The predicted molar refractivity (Wildman–Crippen MR) is 133 cm³/mol. The lowest BCUT2D eigenvalue weighted by Crippen LogP contribution is -2.15. The van der Waals surface area contributed by atoms with Crippen molar-refractivity contribution in [2.45, 2.75) is 13.8 Å². The minimum atomic E-state index is -1.60. The van der Waals surface area contributed by atoms with E-state index in [0.717, 1.165) is 50.4 Å². The Hall–Kier alpha value is -5.45. The topological polar surface area (TPSA) is 193 Å². The molecule has 0 fully saturated rings. The molecule has 5 rings (SSSR count). The van der Waals surface area contributed by atoms with Crippen LogP contribution in [0.15, 0.2) is 55.0 Å². The number of ketones is 2. The van der Waals surface area contributed by atoms with Crippen molar-refractivity contribution in [1.82, 2.24) is 0 Å². The zero-order valence-corrected chi connectivity index (χ0v) is 19.6. The van der Waals surface area contributed by atoms with Crippen LogP contribution in [0, 0.1) is 0 Å². The Morgan fingerprint density at radius 3 is 2.08 bits per heavy atom. The number of phenolic OH excluding ortho intramolecular Hbond substituents is 2. The summed E-state index contributed by atoms with van der Waals surface area (Å²) in [5.74, 6) is -4.76. The van der Waals surface area contributed by atoms with Crippen molar-refractivity contribution in [3.05, 3.63) is 73.7 Å². The molecule has 0 spiro atoms. The van der Waals surface area contributed by atoms with Crippen molar-refractivity contribution < 1.29 is 43.6 Å². The first-order valence-electron chi connectivity index (χ1n) is 10.9. The Morgan fingerprint density at radius 1 is 0.763 bits per heavy atom. The summed E-state index contributed by atoms with van der Waals surface area (Å²) in [5.41, 5.74) is -4.05. The van der Waals surface area contributed by atoms with E-state index in [2.05, 4.69) is 0 Å². The molecule has 190 valence electrons. The monoisotopic (exact) mass is 516 g/mol. The van der Waals surface area contributed by atoms with Gasteiger partial charge in [0.05, 0.1) is 27.3 Å². The molecule has 3 aromatic carbocycles. The molecule has 0 amide bonds. The molecule has 0 aliphatic rings. The van der Waals surface area contributed by atoms with Crippen LogP contribution in [0.4, 0.5) is 0 Å². The highest BCUT2D eigenvalue weighted by Gasteiger charge is 2.28. The predicted octanol–water partition coefficient (Wildman–Crippen LogP) is 3.94. The smallest absolute Gasteiger partial charge is 0.340 e. The van der Waals surface area contributed by atoms with Crippen LogP contribution in [-0.4, -0.2) is 38.0 Å². The number of aromatic hydroxyl groups is 3. The normalized spacial score (nSPS) is 11.3. The minimum absolute atomic E-state index is 0.0814. The van der Waals surface area contributed by atoms with Crippen LogP contribution in [-0.2, 0) is 0 Å². The maximum Gasteiger partial charge on any atom is 0.340 e. The lowest BCUT2D eigenvalue weighted by atomic mass is 9.88. The van der Waals surface area contributed by atoms with E-state index in [1.165, 1.54) is 0 Å². The summed E-state index contributed by atoms with van der Waals surface area (Å²) in [6.45, 7) is 2.26. The number of carboxylic acid groups (broad SMARTS) is 1. The van der Waals surface area contributed by atoms with Crippen LogP contribution in [0.5, 0.6) is 17.2 Å². The Bertz CT molecular complexity index is 2030. The molecule has 0 saturated heterocycles. The van der Waals surface area contributed by atoms with Crippen molar-refractivity contribution in [3.63, 3.8) is 0 Å². The van der Waals surface area contributed by atoms with E-state index in [1.807, 2.05) is 0 Å². The van der Waals surface area contributed by atoms with Crippen molar-refractivity contribution in [3.8, 4) is 28.4 Å². The van der Waals surface area contributed by atoms with Crippen LogP contribution >= 0.6 is 0 Å². The number of fused-ring (bicyclic) bond motifs is 3. The van der Waals surface area contributed by atoms with Gasteiger partial charge in [-0.3, -0.25) is 19.2 Å². The van der Waals surface area contributed by atoms with Crippen molar-refractivity contribution in [1.29, 1.82) is 0 Å². The van der Waals surface area contributed by atoms with E-state index >= 15 is 0 Å². The number of phenols is 3. The summed E-state index contributed by atoms with van der Waals surface area (Å²) >= 11 is 0. The number of carboxylic acids is 1. The van der Waals surface area contributed by atoms with E-state index in [0.29, 0.717) is 0 Å². The number of Topliss-reactive ketones (excluding diaryl/α,β-unsaturated/α-hetero) is 2. The van der Waals surface area contributed by atoms with Crippen LogP contribution in [0.2, 0.25) is 0 Å². The van der Waals surface area contributed by atoms with Crippen LogP contribution < -0.4 is 10.9 Å². The van der Waals surface area contributed by atoms with Gasteiger partial charge in [-0.25, -0.2) is 4.79 Å². The maximum atomic E-state index is 13.5. The molecule has 0 atom stereocenters. The highest BCUT2D eigenvalue weighted by Crippen LogP contribution is 2.37. The second kappa shape index (κ2) is 8.30. The number of hydrogen-bond acceptors (Lipinski definition) is 10. The SMILES string of the molecule is CC(=O)c1cc2c(=O)c3c(C(=O)O)c(O)ccc3oc2c(C(C)=O)c1-c1coc2cc(O)c(O)cc2c1=O. The summed E-state index contributed by atoms with van der Waals surface area (Å²) in [4.78, 5) is 64.4. The third-order valence-electron chi connectivity index (χ3n) is 6.19. The van der Waals surface area contributed by atoms with Crippen molar-refractivity contribution in [2.75, 3.05) is 0 Å². The number of carbonyl (C=O) groups is 3. The standard InChI is InChI=1S/C27H16O11/c1-9(28)11-5-13-25(34)23-18(4-3-15(30)22(23)27(35)36)38-26(13)20(10(2)29)21(11)14-8-37-19-7-17(32)16(31)6-12(19)24(14)33/h3-8,30-32H,1-2H3,(H,35,36). The van der Waals surface area contributed by atoms with Crippen molar-refractivity contribution in [2.24, 2.45) is 0 Å². The molecule has 11 heteroatoms. The summed E-state index contributed by atoms with van der Waals surface area (Å²) in [6.07, 6.45) is 0.973. The fraction of sp³-hybridized carbons (Fsp3) is 0.0741. The average molecular weight is 516 g/mol. The first-order valence-corrected chi connectivity index (χ1v) is 10.9. The van der Waals surface area contributed by atoms with Gasteiger partial charge in [-0.05, 0) is 38.1 Å². The molecule has 0 bridgehead atoms. The molecule has 4 N–H and O–H groups in total. The van der Waals surface area contributed by atoms with Crippen LogP contribution in [0.3, 0.4) is 0 Å². The number of rotatable bonds is 4. The molecule has 0 aliphatic carbocycles. The molecule has 5 aromatic rings. The van der Waals surface area contributed by atoms with Gasteiger partial charge in [0.15, 0.2) is 23.1 Å². The Kier molecular flexibility index (Phi) is 5.30. The zero-order valence-electron chi connectivity index (χ0n) is 19.6. The van der Waals surface area contributed by atoms with E-state index in [1.54, 1.807) is 0 Å². The van der Waals surface area contributed by atoms with Gasteiger partial charge in [0.2, 0.25) is 10.9 Å². The molecule has 2 aromatic heterocycles. The Labute approximate surface area is 210 Å². The van der Waals surface area contributed by atoms with Gasteiger partial charge in [0.25, 0.3) is 0 Å². The Morgan fingerprint density at radius 2 is 1.45 bits per heavy atom. The summed E-state index contributed by atoms with van der Waals surface area (Å²) in [5, 5.41) is 38.3. The molecule has 38 heavy (non-hydrogen) atoms. The van der Waals surface area contributed by atoms with Gasteiger partial charge in [-0.1, -0.05) is 0 Å². The first kappa shape index (κ1) is 24.3. The summed E-state index contributed by atoms with van der Waals surface area (Å²) < 4.78 is 11.3. The number of carbonyl (C=O) groups excluding carboxylic acids is 2. The van der Waals surface area contributed by atoms with Gasteiger partial charge in [-0.15, -0.1) is 0 Å². The highest BCUT2D eigenvalue weighted by molar-refractivity contribution is 6.18. The second-order valence-corrected chi connectivity index (χ2v) is 8.55. The van der Waals surface area contributed by atoms with E-state index in [-0.39, 0.29) is 49.8 Å². The fourth-order valence-corrected chi connectivity index (χ4v) is 4.50. The first-order chi connectivity index (χ1) is 17.9. The van der Waals surface area contributed by atoms with Crippen LogP contribution in [0.1, 0.15) is 44.9 Å². The molecule has 0 radical (unpaired) electrons. The van der Waals surface area contributed by atoms with Gasteiger partial charge in [0.1, 0.15) is 34.3 Å². The number of aromatic carboxylic acids is 1. The van der Waals surface area contributed by atoms with E-state index < -0.39 is 56.6 Å². The Balaban J connectivity index is 2.02. The number of hydrogen-bond donors (Lipinski definition) is 4. The third-order valence-corrected chi connectivity index (χ3v) is 6.19. The van der Waals surface area contributed by atoms with E-state index in [4.69, 9.17) is 8.83 Å². The molecule has 11 nitrogen and oxygen atoms in total. The van der Waals surface area contributed by atoms with Crippen molar-refractivity contribution >= 4 is 50.4 Å². The second-order valence-electron chi connectivity index (χ2n) is 8.55. The molecule has 0 unspecified atom stereocenters. The molecule has 0 saturated carbocycles. The largest absolute Gasteiger partial charge is 0.507 e. The molecule has 2 heterocycles. The van der Waals surface area contributed by atoms with Gasteiger partial charge in [-0.2, -0.15) is 0 Å².